The summed E-state index contributed by atoms with van der Waals surface area (Å²) in [6, 6.07) is 9.18. The van der Waals surface area contributed by atoms with Crippen molar-refractivity contribution in [2.24, 2.45) is 4.99 Å². The first-order valence-electron chi connectivity index (χ1n) is 11.5. The normalized spacial score (nSPS) is 11.6. The van der Waals surface area contributed by atoms with Gasteiger partial charge in [0.2, 0.25) is 5.75 Å². The quantitative estimate of drug-likeness (QED) is 0.368. The fourth-order valence-corrected chi connectivity index (χ4v) is 4.54. The molecule has 2 aromatic carbocycles. The van der Waals surface area contributed by atoms with Crippen LogP contribution in [0.5, 0.6) is 23.0 Å². The van der Waals surface area contributed by atoms with Crippen LogP contribution in [0, 0.1) is 0 Å². The number of benzene rings is 2. The molecule has 0 radical (unpaired) electrons. The van der Waals surface area contributed by atoms with Gasteiger partial charge in [-0.05, 0) is 58.0 Å². The molecule has 184 valence electrons. The third kappa shape index (κ3) is 5.90. The first-order chi connectivity index (χ1) is 16.6. The Kier molecular flexibility index (Phi) is 9.35. The van der Waals surface area contributed by atoms with Crippen molar-refractivity contribution < 1.29 is 28.5 Å². The Balaban J connectivity index is 2.11. The molecule has 0 aliphatic rings. The Morgan fingerprint density at radius 1 is 0.912 bits per heavy atom. The number of hydrogen-bond donors (Lipinski definition) is 0. The lowest BCUT2D eigenvalue weighted by Gasteiger charge is -2.16. The summed E-state index contributed by atoms with van der Waals surface area (Å²) in [7, 11) is 1.65. The van der Waals surface area contributed by atoms with Crippen LogP contribution in [0.4, 0.5) is 0 Å². The highest BCUT2D eigenvalue weighted by Crippen LogP contribution is 2.39. The minimum Gasteiger partial charge on any atom is -0.494 e. The fourth-order valence-electron chi connectivity index (χ4n) is 3.46. The van der Waals surface area contributed by atoms with E-state index in [9.17, 15) is 4.79 Å². The Morgan fingerprint density at radius 3 is 2.15 bits per heavy atom. The molecule has 1 aromatic heterocycles. The van der Waals surface area contributed by atoms with Gasteiger partial charge in [-0.3, -0.25) is 4.79 Å². The number of amides is 1. The zero-order chi connectivity index (χ0) is 24.5. The third-order valence-electron chi connectivity index (χ3n) is 4.84. The van der Waals surface area contributed by atoms with Gasteiger partial charge in [0.15, 0.2) is 16.3 Å². The van der Waals surface area contributed by atoms with Crippen LogP contribution < -0.4 is 23.7 Å². The average Bonchev–Trinajstić information content (AvgIpc) is 3.16. The first kappa shape index (κ1) is 25.6. The lowest BCUT2D eigenvalue weighted by molar-refractivity contribution is 0.0996. The largest absolute Gasteiger partial charge is 0.494 e. The molecular formula is C25H32N2O6S. The molecular weight excluding hydrogens is 456 g/mol. The van der Waals surface area contributed by atoms with Gasteiger partial charge < -0.3 is 28.3 Å². The van der Waals surface area contributed by atoms with E-state index in [1.165, 1.54) is 11.3 Å². The fraction of sp³-hybridized carbons (Fsp3) is 0.440. The van der Waals surface area contributed by atoms with Crippen molar-refractivity contribution in [3.8, 4) is 23.0 Å². The maximum atomic E-state index is 13.3. The lowest BCUT2D eigenvalue weighted by atomic mass is 10.1. The summed E-state index contributed by atoms with van der Waals surface area (Å²) in [5.41, 5.74) is 1.33. The predicted molar refractivity (Wildman–Crippen MR) is 133 cm³/mol. The lowest BCUT2D eigenvalue weighted by Crippen LogP contribution is -2.19. The maximum Gasteiger partial charge on any atom is 0.279 e. The van der Waals surface area contributed by atoms with E-state index in [-0.39, 0.29) is 0 Å². The Bertz CT molecular complexity index is 1160. The molecule has 3 rings (SSSR count). The molecule has 0 aliphatic carbocycles. The second kappa shape index (κ2) is 12.4. The molecule has 0 saturated heterocycles. The number of fused-ring (bicyclic) bond motifs is 1. The van der Waals surface area contributed by atoms with Crippen LogP contribution in [0.25, 0.3) is 10.2 Å². The zero-order valence-corrected chi connectivity index (χ0v) is 21.2. The molecule has 8 nitrogen and oxygen atoms in total. The Hall–Kier alpha value is -3.04. The number of carbonyl (C=O) groups is 1. The number of aromatic nitrogens is 1. The minimum absolute atomic E-state index is 0.362. The summed E-state index contributed by atoms with van der Waals surface area (Å²) in [6.45, 7) is 10.5. The molecule has 1 heterocycles. The Morgan fingerprint density at radius 2 is 1.56 bits per heavy atom. The minimum atomic E-state index is -0.396. The predicted octanol–water partition coefficient (Wildman–Crippen LogP) is 4.69. The van der Waals surface area contributed by atoms with Gasteiger partial charge in [-0.1, -0.05) is 11.3 Å². The SMILES string of the molecule is CCOc1ccc2c(c1)sc(=NC(=O)c1cc(OCC)c(OCC)c(OCC)c1)n2CCOC. The van der Waals surface area contributed by atoms with Crippen molar-refractivity contribution in [3.05, 3.63) is 40.7 Å². The molecule has 0 aliphatic heterocycles. The van der Waals surface area contributed by atoms with Crippen molar-refractivity contribution in [2.75, 3.05) is 40.1 Å². The molecule has 0 saturated carbocycles. The number of rotatable bonds is 12. The molecule has 0 unspecified atom stereocenters. The molecule has 0 N–H and O–H groups in total. The van der Waals surface area contributed by atoms with Crippen LogP contribution in [0.1, 0.15) is 38.1 Å². The first-order valence-corrected chi connectivity index (χ1v) is 12.3. The highest BCUT2D eigenvalue weighted by Gasteiger charge is 2.19. The number of ether oxygens (including phenoxy) is 5. The van der Waals surface area contributed by atoms with Crippen LogP contribution >= 0.6 is 11.3 Å². The van der Waals surface area contributed by atoms with Gasteiger partial charge in [0.1, 0.15) is 5.75 Å². The van der Waals surface area contributed by atoms with Gasteiger partial charge >= 0.3 is 0 Å². The molecule has 9 heteroatoms. The molecule has 0 spiro atoms. The average molecular weight is 489 g/mol. The molecule has 34 heavy (non-hydrogen) atoms. The van der Waals surface area contributed by atoms with Crippen LogP contribution in [0.3, 0.4) is 0 Å². The van der Waals surface area contributed by atoms with Crippen LogP contribution in [-0.4, -0.2) is 50.6 Å². The van der Waals surface area contributed by atoms with Crippen molar-refractivity contribution in [2.45, 2.75) is 34.2 Å². The van der Waals surface area contributed by atoms with Crippen molar-refractivity contribution in [3.63, 3.8) is 0 Å². The maximum absolute atomic E-state index is 13.3. The van der Waals surface area contributed by atoms with E-state index < -0.39 is 5.91 Å². The van der Waals surface area contributed by atoms with E-state index >= 15 is 0 Å². The summed E-state index contributed by atoms with van der Waals surface area (Å²) in [5, 5.41) is 0. The number of nitrogens with zero attached hydrogens (tertiary/aromatic N) is 2. The van der Waals surface area contributed by atoms with Crippen molar-refractivity contribution in [1.29, 1.82) is 0 Å². The molecule has 0 bridgehead atoms. The van der Waals surface area contributed by atoms with E-state index in [0.717, 1.165) is 16.0 Å². The van der Waals surface area contributed by atoms with Gasteiger partial charge in [0, 0.05) is 19.2 Å². The zero-order valence-electron chi connectivity index (χ0n) is 20.4. The Labute approximate surface area is 203 Å². The second-order valence-corrected chi connectivity index (χ2v) is 8.12. The molecule has 0 fully saturated rings. The van der Waals surface area contributed by atoms with E-state index in [0.29, 0.717) is 67.2 Å². The van der Waals surface area contributed by atoms with Crippen molar-refractivity contribution >= 4 is 27.5 Å². The van der Waals surface area contributed by atoms with Crippen molar-refractivity contribution in [1.82, 2.24) is 4.57 Å². The summed E-state index contributed by atoms with van der Waals surface area (Å²) in [5.74, 6) is 1.79. The monoisotopic (exact) mass is 488 g/mol. The summed E-state index contributed by atoms with van der Waals surface area (Å²) in [4.78, 5) is 18.3. The van der Waals surface area contributed by atoms with Gasteiger partial charge in [0.05, 0.1) is 43.3 Å². The highest BCUT2D eigenvalue weighted by atomic mass is 32.1. The summed E-state index contributed by atoms with van der Waals surface area (Å²) >= 11 is 1.43. The standard InChI is InChI=1S/C25H32N2O6S/c1-6-30-18-10-11-19-22(16-18)34-25(27(19)12-13-29-5)26-24(28)17-14-20(31-7-2)23(33-9-4)21(15-17)32-8-3/h10-11,14-16H,6-9,12-13H2,1-5H3. The van der Waals surface area contributed by atoms with E-state index in [2.05, 4.69) is 4.99 Å². The van der Waals surface area contributed by atoms with E-state index in [4.69, 9.17) is 23.7 Å². The van der Waals surface area contributed by atoms with Gasteiger partial charge in [-0.2, -0.15) is 4.99 Å². The number of thiazole rings is 1. The van der Waals surface area contributed by atoms with Crippen LogP contribution in [-0.2, 0) is 11.3 Å². The van der Waals surface area contributed by atoms with Crippen LogP contribution in [0.15, 0.2) is 35.3 Å². The van der Waals surface area contributed by atoms with Gasteiger partial charge in [0.25, 0.3) is 5.91 Å². The molecule has 0 atom stereocenters. The smallest absolute Gasteiger partial charge is 0.279 e. The summed E-state index contributed by atoms with van der Waals surface area (Å²) in [6.07, 6.45) is 0. The molecule has 1 amide bonds. The number of carbonyl (C=O) groups excluding carboxylic acids is 1. The number of hydrogen-bond acceptors (Lipinski definition) is 7. The highest BCUT2D eigenvalue weighted by molar-refractivity contribution is 7.16. The summed E-state index contributed by atoms with van der Waals surface area (Å²) < 4.78 is 31.1. The van der Waals surface area contributed by atoms with Crippen LogP contribution in [0.2, 0.25) is 0 Å². The van der Waals surface area contributed by atoms with E-state index in [1.54, 1.807) is 19.2 Å². The second-order valence-electron chi connectivity index (χ2n) is 7.11. The molecule has 3 aromatic rings. The number of methoxy groups -OCH3 is 1. The van der Waals surface area contributed by atoms with Gasteiger partial charge in [-0.25, -0.2) is 0 Å². The topological polar surface area (TPSA) is 80.5 Å². The van der Waals surface area contributed by atoms with Gasteiger partial charge in [-0.15, -0.1) is 0 Å². The van der Waals surface area contributed by atoms with E-state index in [1.807, 2.05) is 50.5 Å². The third-order valence-corrected chi connectivity index (χ3v) is 5.88.